The van der Waals surface area contributed by atoms with E-state index in [1.807, 2.05) is 0 Å². The van der Waals surface area contributed by atoms with E-state index in [2.05, 4.69) is 0 Å². The highest BCUT2D eigenvalue weighted by Crippen LogP contribution is 2.27. The van der Waals surface area contributed by atoms with E-state index in [0.29, 0.717) is 0 Å². The van der Waals surface area contributed by atoms with Gasteiger partial charge >= 0.3 is 0 Å². The van der Waals surface area contributed by atoms with Gasteiger partial charge in [0.1, 0.15) is 6.29 Å². The summed E-state index contributed by atoms with van der Waals surface area (Å²) in [6.45, 7) is 0. The normalized spacial score (nSPS) is 36.3. The Morgan fingerprint density at radius 1 is 1.17 bits per heavy atom. The molecule has 70 valence electrons. The van der Waals surface area contributed by atoms with Crippen molar-refractivity contribution >= 4 is 6.29 Å². The lowest BCUT2D eigenvalue weighted by Crippen LogP contribution is -2.39. The van der Waals surface area contributed by atoms with Crippen molar-refractivity contribution in [2.24, 2.45) is 5.92 Å². The first kappa shape index (κ1) is 9.68. The number of aldehydes is 1. The third-order valence-corrected chi connectivity index (χ3v) is 2.60. The average Bonchev–Trinajstić information content (AvgIpc) is 2.16. The predicted octanol–water partition coefficient (Wildman–Crippen LogP) is 1.02. The molecule has 0 saturated heterocycles. The minimum Gasteiger partial charge on any atom is -0.381 e. The first-order valence-electron chi connectivity index (χ1n) is 4.34. The minimum atomic E-state index is -0.0752. The van der Waals surface area contributed by atoms with E-state index in [4.69, 9.17) is 9.47 Å². The zero-order valence-corrected chi connectivity index (χ0v) is 7.66. The van der Waals surface area contributed by atoms with Crippen molar-refractivity contribution in [3.05, 3.63) is 0 Å². The van der Waals surface area contributed by atoms with Gasteiger partial charge in [0, 0.05) is 14.2 Å². The number of carbonyl (C=O) groups is 1. The minimum absolute atomic E-state index is 0.0567. The van der Waals surface area contributed by atoms with Crippen molar-refractivity contribution in [2.45, 2.75) is 31.5 Å². The van der Waals surface area contributed by atoms with Gasteiger partial charge in [0.05, 0.1) is 18.1 Å². The van der Waals surface area contributed by atoms with Crippen molar-refractivity contribution in [1.29, 1.82) is 0 Å². The molecule has 0 spiro atoms. The van der Waals surface area contributed by atoms with Gasteiger partial charge in [0.2, 0.25) is 0 Å². The van der Waals surface area contributed by atoms with E-state index >= 15 is 0 Å². The zero-order chi connectivity index (χ0) is 8.97. The van der Waals surface area contributed by atoms with Gasteiger partial charge in [-0.25, -0.2) is 0 Å². The van der Waals surface area contributed by atoms with Crippen LogP contribution in [0, 0.1) is 5.92 Å². The molecule has 0 bridgehead atoms. The number of carbonyl (C=O) groups excluding carboxylic acids is 1. The smallest absolute Gasteiger partial charge is 0.128 e. The van der Waals surface area contributed by atoms with E-state index < -0.39 is 0 Å². The molecule has 1 aliphatic rings. The maximum absolute atomic E-state index is 10.7. The Bertz CT molecular complexity index is 135. The van der Waals surface area contributed by atoms with E-state index in [-0.39, 0.29) is 18.1 Å². The Morgan fingerprint density at radius 3 is 2.00 bits per heavy atom. The maximum Gasteiger partial charge on any atom is 0.128 e. The molecule has 0 amide bonds. The van der Waals surface area contributed by atoms with Gasteiger partial charge in [-0.2, -0.15) is 0 Å². The number of rotatable bonds is 3. The quantitative estimate of drug-likeness (QED) is 0.596. The Kier molecular flexibility index (Phi) is 3.69. The fourth-order valence-corrected chi connectivity index (χ4v) is 1.87. The van der Waals surface area contributed by atoms with Gasteiger partial charge in [-0.05, 0) is 19.3 Å². The van der Waals surface area contributed by atoms with E-state index in [1.165, 1.54) is 0 Å². The molecule has 1 aliphatic carbocycles. The molecule has 1 saturated carbocycles. The van der Waals surface area contributed by atoms with Crippen molar-refractivity contribution in [2.75, 3.05) is 14.2 Å². The Morgan fingerprint density at radius 2 is 1.67 bits per heavy atom. The van der Waals surface area contributed by atoms with Crippen molar-refractivity contribution in [3.63, 3.8) is 0 Å². The summed E-state index contributed by atoms with van der Waals surface area (Å²) in [5.74, 6) is -0.0752. The molecule has 2 unspecified atom stereocenters. The third kappa shape index (κ3) is 1.84. The Balaban J connectivity index is 2.58. The fourth-order valence-electron chi connectivity index (χ4n) is 1.87. The molecule has 12 heavy (non-hydrogen) atoms. The second-order valence-corrected chi connectivity index (χ2v) is 3.19. The average molecular weight is 172 g/mol. The summed E-state index contributed by atoms with van der Waals surface area (Å²) in [5.41, 5.74) is 0. The lowest BCUT2D eigenvalue weighted by atomic mass is 9.85. The first-order chi connectivity index (χ1) is 5.83. The zero-order valence-electron chi connectivity index (χ0n) is 7.66. The lowest BCUT2D eigenvalue weighted by Gasteiger charge is -2.32. The number of hydrogen-bond acceptors (Lipinski definition) is 3. The summed E-state index contributed by atoms with van der Waals surface area (Å²) in [5, 5.41) is 0. The molecule has 1 rings (SSSR count). The highest BCUT2D eigenvalue weighted by Gasteiger charge is 2.33. The summed E-state index contributed by atoms with van der Waals surface area (Å²) >= 11 is 0. The lowest BCUT2D eigenvalue weighted by molar-refractivity contribution is -0.126. The molecule has 0 N–H and O–H groups in total. The van der Waals surface area contributed by atoms with Crippen LogP contribution in [-0.4, -0.2) is 32.7 Å². The monoisotopic (exact) mass is 172 g/mol. The summed E-state index contributed by atoms with van der Waals surface area (Å²) in [6, 6.07) is 0. The molecule has 0 aliphatic heterocycles. The number of ether oxygens (including phenoxy) is 2. The van der Waals surface area contributed by atoms with Gasteiger partial charge < -0.3 is 14.3 Å². The molecule has 3 heteroatoms. The van der Waals surface area contributed by atoms with Crippen molar-refractivity contribution in [1.82, 2.24) is 0 Å². The van der Waals surface area contributed by atoms with E-state index in [0.717, 1.165) is 25.5 Å². The topological polar surface area (TPSA) is 35.5 Å². The van der Waals surface area contributed by atoms with Crippen LogP contribution in [0.1, 0.15) is 19.3 Å². The molecule has 0 heterocycles. The molecule has 0 aromatic rings. The molecular formula is C9H16O3. The van der Waals surface area contributed by atoms with E-state index in [1.54, 1.807) is 14.2 Å². The summed E-state index contributed by atoms with van der Waals surface area (Å²) in [4.78, 5) is 10.7. The SMILES string of the molecule is COC1CCCC(OC)C1C=O. The largest absolute Gasteiger partial charge is 0.381 e. The van der Waals surface area contributed by atoms with Crippen LogP contribution in [0.25, 0.3) is 0 Å². The second-order valence-electron chi connectivity index (χ2n) is 3.19. The molecule has 3 nitrogen and oxygen atoms in total. The van der Waals surface area contributed by atoms with Crippen molar-refractivity contribution in [3.8, 4) is 0 Å². The maximum atomic E-state index is 10.7. The van der Waals surface area contributed by atoms with Crippen LogP contribution in [0.5, 0.6) is 0 Å². The van der Waals surface area contributed by atoms with Gasteiger partial charge in [0.25, 0.3) is 0 Å². The molecule has 1 fully saturated rings. The van der Waals surface area contributed by atoms with Crippen LogP contribution in [0.3, 0.4) is 0 Å². The van der Waals surface area contributed by atoms with Crippen LogP contribution in [0.15, 0.2) is 0 Å². The van der Waals surface area contributed by atoms with Crippen molar-refractivity contribution < 1.29 is 14.3 Å². The van der Waals surface area contributed by atoms with Gasteiger partial charge in [-0.3, -0.25) is 0 Å². The van der Waals surface area contributed by atoms with Crippen LogP contribution >= 0.6 is 0 Å². The number of hydrogen-bond donors (Lipinski definition) is 0. The fraction of sp³-hybridized carbons (Fsp3) is 0.889. The standard InChI is InChI=1S/C9H16O3/c1-11-8-4-3-5-9(12-2)7(8)6-10/h6-9H,3-5H2,1-2H3. The van der Waals surface area contributed by atoms with Gasteiger partial charge in [0.15, 0.2) is 0 Å². The predicted molar refractivity (Wildman–Crippen MR) is 45.0 cm³/mol. The highest BCUT2D eigenvalue weighted by atomic mass is 16.5. The first-order valence-corrected chi connectivity index (χ1v) is 4.34. The molecular weight excluding hydrogens is 156 g/mol. The Hall–Kier alpha value is -0.410. The molecule has 0 radical (unpaired) electrons. The second kappa shape index (κ2) is 4.58. The number of methoxy groups -OCH3 is 2. The van der Waals surface area contributed by atoms with Crippen LogP contribution in [0.4, 0.5) is 0 Å². The van der Waals surface area contributed by atoms with Gasteiger partial charge in [-0.1, -0.05) is 0 Å². The summed E-state index contributed by atoms with van der Waals surface area (Å²) in [6.07, 6.45) is 4.10. The van der Waals surface area contributed by atoms with Gasteiger partial charge in [-0.15, -0.1) is 0 Å². The van der Waals surface area contributed by atoms with E-state index in [9.17, 15) is 4.79 Å². The third-order valence-electron chi connectivity index (χ3n) is 2.60. The Labute approximate surface area is 73.0 Å². The molecule has 2 atom stereocenters. The molecule has 0 aromatic carbocycles. The molecule has 0 aromatic heterocycles. The van der Waals surface area contributed by atoms with Crippen LogP contribution in [0.2, 0.25) is 0 Å². The summed E-state index contributed by atoms with van der Waals surface area (Å²) in [7, 11) is 3.30. The summed E-state index contributed by atoms with van der Waals surface area (Å²) < 4.78 is 10.4. The van der Waals surface area contributed by atoms with Crippen LogP contribution < -0.4 is 0 Å². The van der Waals surface area contributed by atoms with Crippen LogP contribution in [-0.2, 0) is 14.3 Å². The highest BCUT2D eigenvalue weighted by molar-refractivity contribution is 5.55.